The Hall–Kier alpha value is -4.18. The van der Waals surface area contributed by atoms with Crippen LogP contribution in [0.15, 0.2) is 60.0 Å². The molecule has 3 rings (SSSR count). The third-order valence-electron chi connectivity index (χ3n) is 4.95. The van der Waals surface area contributed by atoms with Crippen molar-refractivity contribution in [1.29, 1.82) is 0 Å². The van der Waals surface area contributed by atoms with Crippen LogP contribution in [0.3, 0.4) is 0 Å². The highest BCUT2D eigenvalue weighted by Crippen LogP contribution is 2.32. The van der Waals surface area contributed by atoms with E-state index in [2.05, 4.69) is 16.0 Å². The molecule has 37 heavy (non-hydrogen) atoms. The third kappa shape index (κ3) is 7.65. The number of ether oxygens (including phenoxy) is 2. The molecule has 1 heterocycles. The normalized spacial score (nSPS) is 11.7. The molecule has 0 fully saturated rings. The summed E-state index contributed by atoms with van der Waals surface area (Å²) in [6, 6.07) is 15.3. The molecule has 3 N–H and O–H groups in total. The van der Waals surface area contributed by atoms with Crippen LogP contribution in [0.5, 0.6) is 0 Å². The largest absolute Gasteiger partial charge is 0.447 e. The summed E-state index contributed by atoms with van der Waals surface area (Å²) in [5.74, 6) is -1.53. The van der Waals surface area contributed by atoms with Crippen LogP contribution in [-0.4, -0.2) is 36.5 Å². The van der Waals surface area contributed by atoms with Gasteiger partial charge in [0.1, 0.15) is 5.60 Å². The number of hydrogen-bond donors (Lipinski definition) is 3. The van der Waals surface area contributed by atoms with Crippen LogP contribution >= 0.6 is 11.3 Å². The highest BCUT2D eigenvalue weighted by atomic mass is 32.1. The first-order valence-electron chi connectivity index (χ1n) is 11.4. The molecule has 3 aromatic rings. The molecule has 0 aliphatic carbocycles. The van der Waals surface area contributed by atoms with Gasteiger partial charge in [-0.15, -0.1) is 11.3 Å². The van der Waals surface area contributed by atoms with Crippen molar-refractivity contribution in [1.82, 2.24) is 5.32 Å². The third-order valence-corrected chi connectivity index (χ3v) is 5.87. The molecule has 0 aliphatic rings. The zero-order chi connectivity index (χ0) is 27.2. The van der Waals surface area contributed by atoms with Crippen molar-refractivity contribution in [2.24, 2.45) is 0 Å². The molecule has 9 nitrogen and oxygen atoms in total. The monoisotopic (exact) mass is 523 g/mol. The lowest BCUT2D eigenvalue weighted by Crippen LogP contribution is -2.29. The van der Waals surface area contributed by atoms with Gasteiger partial charge in [-0.1, -0.05) is 24.3 Å². The fourth-order valence-corrected chi connectivity index (χ4v) is 4.06. The van der Waals surface area contributed by atoms with Crippen molar-refractivity contribution >= 4 is 46.6 Å². The first kappa shape index (κ1) is 27.4. The molecular formula is C27H29N3O6S. The molecule has 1 atom stereocenters. The Morgan fingerprint density at radius 1 is 0.919 bits per heavy atom. The van der Waals surface area contributed by atoms with Crippen LogP contribution < -0.4 is 16.0 Å². The maximum absolute atomic E-state index is 13.1. The van der Waals surface area contributed by atoms with Gasteiger partial charge in [0.2, 0.25) is 6.10 Å². The van der Waals surface area contributed by atoms with Crippen LogP contribution in [0.2, 0.25) is 0 Å². The van der Waals surface area contributed by atoms with Gasteiger partial charge in [-0.3, -0.25) is 19.7 Å². The molecule has 0 saturated heterocycles. The van der Waals surface area contributed by atoms with Crippen molar-refractivity contribution < 1.29 is 28.7 Å². The first-order chi connectivity index (χ1) is 17.5. The van der Waals surface area contributed by atoms with Crippen molar-refractivity contribution in [3.63, 3.8) is 0 Å². The predicted molar refractivity (Wildman–Crippen MR) is 143 cm³/mol. The average Bonchev–Trinajstić information content (AvgIpc) is 3.37. The number of likely N-dealkylation sites (N-methyl/N-ethyl adjacent to an activating group) is 1. The summed E-state index contributed by atoms with van der Waals surface area (Å²) >= 11 is 1.55. The Balaban J connectivity index is 1.86. The summed E-state index contributed by atoms with van der Waals surface area (Å²) in [6.45, 7) is 6.49. The fourth-order valence-electron chi connectivity index (χ4n) is 3.34. The Labute approximate surface area is 219 Å². The Morgan fingerprint density at radius 2 is 1.62 bits per heavy atom. The van der Waals surface area contributed by atoms with E-state index >= 15 is 0 Å². The summed E-state index contributed by atoms with van der Waals surface area (Å²) in [5, 5.41) is 9.94. The highest BCUT2D eigenvalue weighted by Gasteiger charge is 2.23. The molecule has 1 unspecified atom stereocenters. The minimum absolute atomic E-state index is 0.298. The van der Waals surface area contributed by atoms with E-state index in [9.17, 15) is 19.2 Å². The Bertz CT molecular complexity index is 1280. The van der Waals surface area contributed by atoms with E-state index in [0.717, 1.165) is 10.4 Å². The predicted octanol–water partition coefficient (Wildman–Crippen LogP) is 5.36. The SMILES string of the molecule is CNC(=O)C(OC(C)=O)c1ccc(C(=O)Nc2cc(-c3cccs3)ccc2NC(=O)OC(C)(C)C)cc1. The van der Waals surface area contributed by atoms with E-state index in [0.29, 0.717) is 22.5 Å². The van der Waals surface area contributed by atoms with E-state index in [1.54, 1.807) is 56.4 Å². The number of rotatable bonds is 7. The number of hydrogen-bond acceptors (Lipinski definition) is 7. The zero-order valence-electron chi connectivity index (χ0n) is 21.2. The molecule has 0 radical (unpaired) electrons. The summed E-state index contributed by atoms with van der Waals surface area (Å²) in [7, 11) is 1.44. The molecule has 194 valence electrons. The summed E-state index contributed by atoms with van der Waals surface area (Å²) in [6.07, 6.45) is -1.78. The maximum Gasteiger partial charge on any atom is 0.412 e. The van der Waals surface area contributed by atoms with Gasteiger partial charge < -0.3 is 20.1 Å². The Morgan fingerprint density at radius 3 is 2.19 bits per heavy atom. The number of thiophene rings is 1. The molecule has 1 aromatic heterocycles. The summed E-state index contributed by atoms with van der Waals surface area (Å²) in [4.78, 5) is 50.1. The van der Waals surface area contributed by atoms with Gasteiger partial charge in [-0.05, 0) is 62.0 Å². The Kier molecular flexibility index (Phi) is 8.67. The van der Waals surface area contributed by atoms with Gasteiger partial charge in [-0.25, -0.2) is 4.79 Å². The summed E-state index contributed by atoms with van der Waals surface area (Å²) in [5.41, 5.74) is 1.64. The number of anilines is 2. The molecule has 2 aromatic carbocycles. The molecule has 0 aliphatic heterocycles. The first-order valence-corrected chi connectivity index (χ1v) is 12.3. The van der Waals surface area contributed by atoms with Crippen molar-refractivity contribution in [2.75, 3.05) is 17.7 Å². The van der Waals surface area contributed by atoms with E-state index < -0.39 is 35.6 Å². The van der Waals surface area contributed by atoms with Crippen LogP contribution in [0.25, 0.3) is 10.4 Å². The second-order valence-electron chi connectivity index (χ2n) is 9.04. The van der Waals surface area contributed by atoms with E-state index in [1.807, 2.05) is 23.6 Å². The maximum atomic E-state index is 13.1. The van der Waals surface area contributed by atoms with Gasteiger partial charge in [0.05, 0.1) is 11.4 Å². The van der Waals surface area contributed by atoms with Crippen molar-refractivity contribution in [3.8, 4) is 10.4 Å². The van der Waals surface area contributed by atoms with Crippen molar-refractivity contribution in [2.45, 2.75) is 39.4 Å². The number of carbonyl (C=O) groups excluding carboxylic acids is 4. The number of amides is 3. The van der Waals surface area contributed by atoms with Crippen molar-refractivity contribution in [3.05, 3.63) is 71.1 Å². The van der Waals surface area contributed by atoms with E-state index in [1.165, 1.54) is 26.1 Å². The number of benzene rings is 2. The molecule has 0 bridgehead atoms. The van der Waals surface area contributed by atoms with Crippen LogP contribution in [0.1, 0.15) is 49.7 Å². The average molecular weight is 524 g/mol. The van der Waals surface area contributed by atoms with E-state index in [-0.39, 0.29) is 0 Å². The summed E-state index contributed by atoms with van der Waals surface area (Å²) < 4.78 is 10.5. The highest BCUT2D eigenvalue weighted by molar-refractivity contribution is 7.13. The molecule has 10 heteroatoms. The second kappa shape index (κ2) is 11.7. The van der Waals surface area contributed by atoms with Gasteiger partial charge >= 0.3 is 12.1 Å². The van der Waals surface area contributed by atoms with E-state index in [4.69, 9.17) is 9.47 Å². The quantitative estimate of drug-likeness (QED) is 0.358. The smallest absolute Gasteiger partial charge is 0.412 e. The molecule has 0 saturated carbocycles. The van der Waals surface area contributed by atoms with Gasteiger partial charge in [0.15, 0.2) is 0 Å². The topological polar surface area (TPSA) is 123 Å². The molecule has 0 spiro atoms. The number of carbonyl (C=O) groups is 4. The standard InChI is InChI=1S/C27H29N3O6S/c1-16(31)35-23(25(33)28-5)17-8-10-18(11-9-17)24(32)29-21-15-19(22-7-6-14-37-22)12-13-20(21)30-26(34)36-27(2,3)4/h6-15,23H,1-5H3,(H,28,33)(H,29,32)(H,30,34). The zero-order valence-corrected chi connectivity index (χ0v) is 22.0. The van der Waals surface area contributed by atoms with Crippen LogP contribution in [-0.2, 0) is 19.1 Å². The minimum Gasteiger partial charge on any atom is -0.447 e. The van der Waals surface area contributed by atoms with Gasteiger partial charge in [0.25, 0.3) is 11.8 Å². The fraction of sp³-hybridized carbons (Fsp3) is 0.259. The lowest BCUT2D eigenvalue weighted by molar-refractivity contribution is -0.154. The van der Waals surface area contributed by atoms with Gasteiger partial charge in [-0.2, -0.15) is 0 Å². The lowest BCUT2D eigenvalue weighted by atomic mass is 10.1. The van der Waals surface area contributed by atoms with Crippen LogP contribution in [0, 0.1) is 0 Å². The minimum atomic E-state index is -1.13. The molecular weight excluding hydrogens is 494 g/mol. The number of esters is 1. The molecule has 3 amide bonds. The lowest BCUT2D eigenvalue weighted by Gasteiger charge is -2.21. The van der Waals surface area contributed by atoms with Crippen LogP contribution in [0.4, 0.5) is 16.2 Å². The second-order valence-corrected chi connectivity index (χ2v) is 9.99. The number of nitrogens with one attached hydrogen (secondary N) is 3. The van der Waals surface area contributed by atoms with Gasteiger partial charge in [0, 0.05) is 30.0 Å².